The van der Waals surface area contributed by atoms with Crippen molar-refractivity contribution in [3.05, 3.63) is 92.3 Å². The van der Waals surface area contributed by atoms with Gasteiger partial charge >= 0.3 is 0 Å². The van der Waals surface area contributed by atoms with Gasteiger partial charge in [-0.05, 0) is 56.2 Å². The maximum Gasteiger partial charge on any atom is 0.271 e. The van der Waals surface area contributed by atoms with Gasteiger partial charge in [0.1, 0.15) is 17.4 Å². The van der Waals surface area contributed by atoms with Crippen LogP contribution in [0.2, 0.25) is 0 Å². The first kappa shape index (κ1) is 20.9. The number of benzene rings is 2. The van der Waals surface area contributed by atoms with Crippen LogP contribution in [0, 0.1) is 25.2 Å². The molecule has 0 radical (unpaired) electrons. The van der Waals surface area contributed by atoms with Gasteiger partial charge in [0.25, 0.3) is 5.56 Å². The number of pyridine rings is 1. The van der Waals surface area contributed by atoms with Gasteiger partial charge in [-0.1, -0.05) is 29.8 Å². The Bertz CT molecular complexity index is 1180. The number of hydrogen-bond acceptors (Lipinski definition) is 5. The molecule has 3 rings (SSSR count). The smallest absolute Gasteiger partial charge is 0.271 e. The second-order valence-corrected chi connectivity index (χ2v) is 6.97. The zero-order valence-corrected chi connectivity index (χ0v) is 17.1. The van der Waals surface area contributed by atoms with Crippen LogP contribution >= 0.6 is 0 Å². The molecule has 1 aromatic heterocycles. The minimum absolute atomic E-state index is 0.0451. The lowest BCUT2D eigenvalue weighted by Crippen LogP contribution is -2.27. The van der Waals surface area contributed by atoms with Crippen LogP contribution in [-0.2, 0) is 6.54 Å². The average molecular weight is 402 g/mol. The van der Waals surface area contributed by atoms with E-state index in [0.29, 0.717) is 17.9 Å². The zero-order chi connectivity index (χ0) is 21.8. The topological polar surface area (TPSA) is 92.3 Å². The second-order valence-electron chi connectivity index (χ2n) is 6.97. The highest BCUT2D eigenvalue weighted by atomic mass is 16.5. The lowest BCUT2D eigenvalue weighted by molar-refractivity contribution is 0.103. The van der Waals surface area contributed by atoms with E-state index in [9.17, 15) is 20.0 Å². The fourth-order valence-corrected chi connectivity index (χ4v) is 3.26. The quantitative estimate of drug-likeness (QED) is 0.635. The molecule has 0 amide bonds. The molecule has 1 N–H and O–H groups in total. The Morgan fingerprint density at radius 2 is 1.73 bits per heavy atom. The number of carbonyl (C=O) groups excluding carboxylic acids is 1. The van der Waals surface area contributed by atoms with E-state index in [1.54, 1.807) is 24.3 Å². The Balaban J connectivity index is 2.12. The molecule has 0 saturated carbocycles. The maximum atomic E-state index is 13.2. The minimum atomic E-state index is -0.628. The molecule has 0 unspecified atom stereocenters. The van der Waals surface area contributed by atoms with Crippen molar-refractivity contribution in [2.75, 3.05) is 6.61 Å². The standard InChI is InChI=1S/C24H22N2O4/c1-4-30-19-11-9-18(10-12-19)22(27)21-16(3)20(13-25)23(28)26(24(21)29)14-17-7-5-15(2)6-8-17/h5-12,29H,4,14H2,1-3H3. The molecule has 2 aromatic carbocycles. The summed E-state index contributed by atoms with van der Waals surface area (Å²) in [6.45, 7) is 5.85. The Morgan fingerprint density at radius 1 is 1.10 bits per heavy atom. The van der Waals surface area contributed by atoms with Gasteiger partial charge in [0.05, 0.1) is 18.7 Å². The maximum absolute atomic E-state index is 13.2. The molecule has 0 bridgehead atoms. The molecule has 1 heterocycles. The van der Waals surface area contributed by atoms with E-state index in [4.69, 9.17) is 4.74 Å². The number of nitriles is 1. The number of carbonyl (C=O) groups is 1. The number of rotatable bonds is 6. The molecule has 0 aliphatic heterocycles. The van der Waals surface area contributed by atoms with Gasteiger partial charge in [0.15, 0.2) is 5.78 Å². The van der Waals surface area contributed by atoms with Gasteiger partial charge in [-0.3, -0.25) is 14.2 Å². The number of aromatic hydroxyl groups is 1. The molecule has 0 saturated heterocycles. The van der Waals surface area contributed by atoms with Crippen LogP contribution in [0.5, 0.6) is 11.6 Å². The zero-order valence-electron chi connectivity index (χ0n) is 17.1. The van der Waals surface area contributed by atoms with Gasteiger partial charge < -0.3 is 9.84 Å². The van der Waals surface area contributed by atoms with Crippen LogP contribution in [0.3, 0.4) is 0 Å². The summed E-state index contributed by atoms with van der Waals surface area (Å²) in [5, 5.41) is 20.4. The Hall–Kier alpha value is -3.85. The molecular formula is C24H22N2O4. The van der Waals surface area contributed by atoms with Crippen molar-refractivity contribution >= 4 is 5.78 Å². The number of ether oxygens (including phenoxy) is 1. The number of aromatic nitrogens is 1. The number of hydrogen-bond donors (Lipinski definition) is 1. The van der Waals surface area contributed by atoms with Crippen molar-refractivity contribution in [1.29, 1.82) is 5.26 Å². The second kappa shape index (κ2) is 8.66. The lowest BCUT2D eigenvalue weighted by atomic mass is 9.97. The van der Waals surface area contributed by atoms with Crippen LogP contribution in [0.15, 0.2) is 53.3 Å². The summed E-state index contributed by atoms with van der Waals surface area (Å²) in [6.07, 6.45) is 0. The Morgan fingerprint density at radius 3 is 2.30 bits per heavy atom. The first-order valence-electron chi connectivity index (χ1n) is 9.57. The molecule has 0 aliphatic carbocycles. The van der Waals surface area contributed by atoms with Crippen LogP contribution in [0.4, 0.5) is 0 Å². The molecule has 6 heteroatoms. The van der Waals surface area contributed by atoms with E-state index in [-0.39, 0.29) is 23.2 Å². The predicted octanol–water partition coefficient (Wildman–Crippen LogP) is 3.72. The largest absolute Gasteiger partial charge is 0.494 e. The summed E-state index contributed by atoms with van der Waals surface area (Å²) in [4.78, 5) is 26.0. The average Bonchev–Trinajstić information content (AvgIpc) is 2.73. The van der Waals surface area contributed by atoms with E-state index < -0.39 is 17.2 Å². The Labute approximate surface area is 174 Å². The van der Waals surface area contributed by atoms with Crippen molar-refractivity contribution in [2.45, 2.75) is 27.3 Å². The normalized spacial score (nSPS) is 10.5. The van der Waals surface area contributed by atoms with Crippen molar-refractivity contribution in [2.24, 2.45) is 0 Å². The summed E-state index contributed by atoms with van der Waals surface area (Å²) in [7, 11) is 0. The first-order valence-corrected chi connectivity index (χ1v) is 9.57. The summed E-state index contributed by atoms with van der Waals surface area (Å²) < 4.78 is 6.46. The highest BCUT2D eigenvalue weighted by Crippen LogP contribution is 2.26. The molecule has 0 fully saturated rings. The highest BCUT2D eigenvalue weighted by Gasteiger charge is 2.25. The molecule has 6 nitrogen and oxygen atoms in total. The van der Waals surface area contributed by atoms with E-state index in [1.807, 2.05) is 44.2 Å². The third kappa shape index (κ3) is 3.96. The van der Waals surface area contributed by atoms with Crippen molar-refractivity contribution in [1.82, 2.24) is 4.57 Å². The third-order valence-corrected chi connectivity index (χ3v) is 4.92. The predicted molar refractivity (Wildman–Crippen MR) is 113 cm³/mol. The highest BCUT2D eigenvalue weighted by molar-refractivity contribution is 6.11. The summed E-state index contributed by atoms with van der Waals surface area (Å²) in [5.74, 6) is -0.296. The van der Waals surface area contributed by atoms with Gasteiger partial charge in [-0.25, -0.2) is 0 Å². The van der Waals surface area contributed by atoms with Crippen LogP contribution in [0.25, 0.3) is 0 Å². The van der Waals surface area contributed by atoms with Crippen molar-refractivity contribution in [3.8, 4) is 17.7 Å². The first-order chi connectivity index (χ1) is 14.4. The van der Waals surface area contributed by atoms with Crippen LogP contribution in [0.1, 0.15) is 45.1 Å². The lowest BCUT2D eigenvalue weighted by Gasteiger charge is -2.16. The molecule has 0 aliphatic rings. The van der Waals surface area contributed by atoms with Crippen molar-refractivity contribution < 1.29 is 14.6 Å². The van der Waals surface area contributed by atoms with Gasteiger partial charge in [-0.2, -0.15) is 5.26 Å². The minimum Gasteiger partial charge on any atom is -0.494 e. The molecule has 0 spiro atoms. The molecule has 152 valence electrons. The van der Waals surface area contributed by atoms with E-state index in [1.165, 1.54) is 6.92 Å². The molecule has 0 atom stereocenters. The van der Waals surface area contributed by atoms with E-state index in [2.05, 4.69) is 0 Å². The van der Waals surface area contributed by atoms with Crippen LogP contribution < -0.4 is 10.3 Å². The number of aryl methyl sites for hydroxylation is 1. The fourth-order valence-electron chi connectivity index (χ4n) is 3.26. The summed E-state index contributed by atoms with van der Waals surface area (Å²) >= 11 is 0. The van der Waals surface area contributed by atoms with Crippen molar-refractivity contribution in [3.63, 3.8) is 0 Å². The fraction of sp³-hybridized carbons (Fsp3) is 0.208. The number of ketones is 1. The van der Waals surface area contributed by atoms with E-state index >= 15 is 0 Å². The molecular weight excluding hydrogens is 380 g/mol. The monoisotopic (exact) mass is 402 g/mol. The Kier molecular flexibility index (Phi) is 6.03. The number of nitrogens with zero attached hydrogens (tertiary/aromatic N) is 2. The van der Waals surface area contributed by atoms with Gasteiger partial charge in [0.2, 0.25) is 5.88 Å². The van der Waals surface area contributed by atoms with E-state index in [0.717, 1.165) is 15.7 Å². The summed E-state index contributed by atoms with van der Waals surface area (Å²) in [5.41, 5.74) is 1.47. The van der Waals surface area contributed by atoms with Crippen LogP contribution in [-0.4, -0.2) is 22.1 Å². The molecule has 3 aromatic rings. The molecule has 30 heavy (non-hydrogen) atoms. The third-order valence-electron chi connectivity index (χ3n) is 4.92. The SMILES string of the molecule is CCOc1ccc(C(=O)c2c(C)c(C#N)c(=O)n(Cc3ccc(C)cc3)c2O)cc1. The van der Waals surface area contributed by atoms with Gasteiger partial charge in [-0.15, -0.1) is 0 Å². The van der Waals surface area contributed by atoms with Gasteiger partial charge in [0, 0.05) is 5.56 Å². The summed E-state index contributed by atoms with van der Waals surface area (Å²) in [6, 6.07) is 15.8.